The predicted octanol–water partition coefficient (Wildman–Crippen LogP) is 4.28. The largest absolute Gasteiger partial charge is 0.387 e. The summed E-state index contributed by atoms with van der Waals surface area (Å²) in [5.41, 5.74) is 2.34. The Hall–Kier alpha value is -0.860. The molecule has 1 N–H and O–H groups in total. The minimum atomic E-state index is -0.423. The zero-order valence-corrected chi connectivity index (χ0v) is 14.6. The summed E-state index contributed by atoms with van der Waals surface area (Å²) in [6.45, 7) is 15.3. The van der Waals surface area contributed by atoms with E-state index in [0.717, 1.165) is 25.1 Å². The van der Waals surface area contributed by atoms with Crippen molar-refractivity contribution in [2.75, 3.05) is 13.1 Å². The lowest BCUT2D eigenvalue weighted by molar-refractivity contribution is 0.0446. The molecule has 0 heterocycles. The van der Waals surface area contributed by atoms with Crippen molar-refractivity contribution in [3.05, 3.63) is 35.4 Å². The zero-order valence-electron chi connectivity index (χ0n) is 14.6. The van der Waals surface area contributed by atoms with Gasteiger partial charge in [-0.1, -0.05) is 58.9 Å². The van der Waals surface area contributed by atoms with E-state index in [1.165, 1.54) is 5.56 Å². The highest BCUT2D eigenvalue weighted by Gasteiger charge is 2.24. The molecule has 2 heteroatoms. The molecular formula is C19H33NO. The molecule has 1 rings (SSSR count). The van der Waals surface area contributed by atoms with Crippen molar-refractivity contribution in [3.8, 4) is 0 Å². The van der Waals surface area contributed by atoms with E-state index >= 15 is 0 Å². The van der Waals surface area contributed by atoms with Gasteiger partial charge in [-0.25, -0.2) is 0 Å². The van der Waals surface area contributed by atoms with Crippen LogP contribution in [0, 0.1) is 11.8 Å². The van der Waals surface area contributed by atoms with Crippen molar-refractivity contribution in [1.82, 2.24) is 4.90 Å². The molecule has 120 valence electrons. The lowest BCUT2D eigenvalue weighted by atomic mass is 9.98. The first-order chi connectivity index (χ1) is 9.85. The van der Waals surface area contributed by atoms with Crippen molar-refractivity contribution in [1.29, 1.82) is 0 Å². The Bertz CT molecular complexity index is 387. The third-order valence-corrected chi connectivity index (χ3v) is 3.96. The van der Waals surface area contributed by atoms with E-state index in [2.05, 4.69) is 70.7 Å². The van der Waals surface area contributed by atoms with Gasteiger partial charge < -0.3 is 5.11 Å². The fourth-order valence-electron chi connectivity index (χ4n) is 2.77. The maximum absolute atomic E-state index is 10.7. The number of aliphatic hydroxyl groups excluding tert-OH is 1. The number of aliphatic hydroxyl groups is 1. The summed E-state index contributed by atoms with van der Waals surface area (Å²) >= 11 is 0. The monoisotopic (exact) mass is 291 g/mol. The molecule has 21 heavy (non-hydrogen) atoms. The van der Waals surface area contributed by atoms with Gasteiger partial charge in [0.25, 0.3) is 0 Å². The van der Waals surface area contributed by atoms with Crippen molar-refractivity contribution in [2.45, 2.75) is 60.1 Å². The van der Waals surface area contributed by atoms with Crippen LogP contribution in [-0.2, 0) is 6.42 Å². The van der Waals surface area contributed by atoms with Crippen LogP contribution in [0.2, 0.25) is 0 Å². The number of benzene rings is 1. The van der Waals surface area contributed by atoms with Crippen LogP contribution in [0.15, 0.2) is 24.3 Å². The summed E-state index contributed by atoms with van der Waals surface area (Å²) in [6.07, 6.45) is 0.618. The molecule has 0 aliphatic rings. The van der Waals surface area contributed by atoms with E-state index in [-0.39, 0.29) is 6.04 Å². The van der Waals surface area contributed by atoms with E-state index in [1.54, 1.807) is 0 Å². The molecule has 2 atom stereocenters. The van der Waals surface area contributed by atoms with Crippen LogP contribution in [0.1, 0.15) is 58.8 Å². The number of hydrogen-bond acceptors (Lipinski definition) is 2. The van der Waals surface area contributed by atoms with Gasteiger partial charge in [-0.3, -0.25) is 4.90 Å². The standard InChI is InChI=1S/C19H33NO/c1-7-17-8-10-18(11-9-17)19(21)16(6)20(12-14(2)3)13-15(4)5/h8-11,14-16,19,21H,7,12-13H2,1-6H3. The Kier molecular flexibility index (Phi) is 7.41. The van der Waals surface area contributed by atoms with Crippen LogP contribution in [0.4, 0.5) is 0 Å². The molecule has 0 fully saturated rings. The lowest BCUT2D eigenvalue weighted by Gasteiger charge is -2.35. The van der Waals surface area contributed by atoms with Crippen molar-refractivity contribution in [2.24, 2.45) is 11.8 Å². The van der Waals surface area contributed by atoms with Crippen molar-refractivity contribution < 1.29 is 5.11 Å². The number of rotatable bonds is 8. The molecule has 1 aromatic rings. The molecule has 0 saturated carbocycles. The highest BCUT2D eigenvalue weighted by molar-refractivity contribution is 5.25. The first-order valence-corrected chi connectivity index (χ1v) is 8.36. The molecule has 0 aliphatic heterocycles. The van der Waals surface area contributed by atoms with Crippen LogP contribution < -0.4 is 0 Å². The Labute approximate surface area is 131 Å². The van der Waals surface area contributed by atoms with Crippen LogP contribution in [0.25, 0.3) is 0 Å². The quantitative estimate of drug-likeness (QED) is 0.772. The molecule has 0 radical (unpaired) electrons. The van der Waals surface area contributed by atoms with E-state index in [9.17, 15) is 5.11 Å². The minimum absolute atomic E-state index is 0.141. The summed E-state index contributed by atoms with van der Waals surface area (Å²) in [5.74, 6) is 1.22. The molecule has 0 aromatic heterocycles. The molecule has 0 aliphatic carbocycles. The molecular weight excluding hydrogens is 258 g/mol. The Morgan fingerprint density at radius 1 is 0.905 bits per heavy atom. The topological polar surface area (TPSA) is 23.5 Å². The summed E-state index contributed by atoms with van der Waals surface area (Å²) in [7, 11) is 0. The average molecular weight is 291 g/mol. The fourth-order valence-corrected chi connectivity index (χ4v) is 2.77. The Balaban J connectivity index is 2.81. The first kappa shape index (κ1) is 18.2. The highest BCUT2D eigenvalue weighted by Crippen LogP contribution is 2.23. The molecule has 0 saturated heterocycles. The van der Waals surface area contributed by atoms with Gasteiger partial charge in [-0.15, -0.1) is 0 Å². The van der Waals surface area contributed by atoms with Gasteiger partial charge in [0, 0.05) is 19.1 Å². The van der Waals surface area contributed by atoms with Gasteiger partial charge in [-0.2, -0.15) is 0 Å². The van der Waals surface area contributed by atoms with E-state index < -0.39 is 6.10 Å². The van der Waals surface area contributed by atoms with Crippen LogP contribution >= 0.6 is 0 Å². The Morgan fingerprint density at radius 2 is 1.38 bits per heavy atom. The van der Waals surface area contributed by atoms with Gasteiger partial charge in [0.15, 0.2) is 0 Å². The number of aryl methyl sites for hydroxylation is 1. The molecule has 0 amide bonds. The maximum atomic E-state index is 10.7. The minimum Gasteiger partial charge on any atom is -0.387 e. The fraction of sp³-hybridized carbons (Fsp3) is 0.684. The number of hydrogen-bond donors (Lipinski definition) is 1. The summed E-state index contributed by atoms with van der Waals surface area (Å²) in [6, 6.07) is 8.54. The van der Waals surface area contributed by atoms with E-state index in [4.69, 9.17) is 0 Å². The van der Waals surface area contributed by atoms with Gasteiger partial charge in [0.05, 0.1) is 6.10 Å². The molecule has 0 bridgehead atoms. The summed E-state index contributed by atoms with van der Waals surface area (Å²) in [4.78, 5) is 2.42. The van der Waals surface area contributed by atoms with Gasteiger partial charge in [0.1, 0.15) is 0 Å². The summed E-state index contributed by atoms with van der Waals surface area (Å²) in [5, 5.41) is 10.7. The third-order valence-electron chi connectivity index (χ3n) is 3.96. The van der Waals surface area contributed by atoms with Crippen molar-refractivity contribution >= 4 is 0 Å². The smallest absolute Gasteiger partial charge is 0.0942 e. The van der Waals surface area contributed by atoms with Crippen LogP contribution in [-0.4, -0.2) is 29.1 Å². The normalized spacial score (nSPS) is 15.0. The van der Waals surface area contributed by atoms with Crippen LogP contribution in [0.3, 0.4) is 0 Å². The average Bonchev–Trinajstić information content (AvgIpc) is 2.44. The van der Waals surface area contributed by atoms with Crippen molar-refractivity contribution in [3.63, 3.8) is 0 Å². The number of nitrogens with zero attached hydrogens (tertiary/aromatic N) is 1. The maximum Gasteiger partial charge on any atom is 0.0942 e. The van der Waals surface area contributed by atoms with E-state index in [1.807, 2.05) is 0 Å². The van der Waals surface area contributed by atoms with Gasteiger partial charge in [0.2, 0.25) is 0 Å². The second kappa shape index (κ2) is 8.55. The van der Waals surface area contributed by atoms with Gasteiger partial charge >= 0.3 is 0 Å². The highest BCUT2D eigenvalue weighted by atomic mass is 16.3. The zero-order chi connectivity index (χ0) is 16.0. The van der Waals surface area contributed by atoms with Gasteiger partial charge in [-0.05, 0) is 36.3 Å². The molecule has 1 aromatic carbocycles. The molecule has 2 unspecified atom stereocenters. The summed E-state index contributed by atoms with van der Waals surface area (Å²) < 4.78 is 0. The third kappa shape index (κ3) is 5.80. The lowest BCUT2D eigenvalue weighted by Crippen LogP contribution is -2.42. The second-order valence-electron chi connectivity index (χ2n) is 7.02. The molecule has 2 nitrogen and oxygen atoms in total. The Morgan fingerprint density at radius 3 is 1.76 bits per heavy atom. The second-order valence-corrected chi connectivity index (χ2v) is 7.02. The first-order valence-electron chi connectivity index (χ1n) is 8.36. The SMILES string of the molecule is CCc1ccc(C(O)C(C)N(CC(C)C)CC(C)C)cc1. The predicted molar refractivity (Wildman–Crippen MR) is 91.5 cm³/mol. The van der Waals surface area contributed by atoms with E-state index in [0.29, 0.717) is 11.8 Å². The molecule has 0 spiro atoms. The van der Waals surface area contributed by atoms with Crippen LogP contribution in [0.5, 0.6) is 0 Å².